The van der Waals surface area contributed by atoms with E-state index in [-0.39, 0.29) is 23.9 Å². The fourth-order valence-corrected chi connectivity index (χ4v) is 5.69. The van der Waals surface area contributed by atoms with Crippen molar-refractivity contribution in [2.75, 3.05) is 17.7 Å². The molecule has 3 heterocycles. The molecular formula is C22H23N5O4S. The van der Waals surface area contributed by atoms with Crippen LogP contribution in [-0.2, 0) is 26.7 Å². The van der Waals surface area contributed by atoms with Gasteiger partial charge < -0.3 is 15.4 Å². The molecule has 0 saturated carbocycles. The molecule has 0 radical (unpaired) electrons. The lowest BCUT2D eigenvalue weighted by Gasteiger charge is -2.47. The molecule has 10 heteroatoms. The van der Waals surface area contributed by atoms with E-state index in [0.29, 0.717) is 29.0 Å². The molecule has 4 rings (SSSR count). The number of hydrogen-bond donors (Lipinski definition) is 3. The third-order valence-corrected chi connectivity index (χ3v) is 8.72. The maximum absolute atomic E-state index is 13.0. The molecule has 1 aromatic heterocycles. The van der Waals surface area contributed by atoms with Gasteiger partial charge in [-0.25, -0.2) is 13.4 Å². The zero-order valence-electron chi connectivity index (χ0n) is 17.9. The normalized spacial score (nSPS) is 23.0. The maximum Gasteiger partial charge on any atom is 0.274 e. The molecule has 1 amide bonds. The average molecular weight is 454 g/mol. The van der Waals surface area contributed by atoms with Crippen molar-refractivity contribution >= 4 is 27.3 Å². The van der Waals surface area contributed by atoms with Crippen molar-refractivity contribution in [2.24, 2.45) is 0 Å². The number of aryl methyl sites for hydroxylation is 1. The summed E-state index contributed by atoms with van der Waals surface area (Å²) < 4.78 is 30.4. The molecular weight excluding hydrogens is 430 g/mol. The number of sulfone groups is 1. The number of nitrogens with one attached hydrogen (secondary N) is 3. The summed E-state index contributed by atoms with van der Waals surface area (Å²) in [5.41, 5.74) is 1.96. The minimum atomic E-state index is -3.64. The lowest BCUT2D eigenvalue weighted by atomic mass is 9.85. The third kappa shape index (κ3) is 3.43. The van der Waals surface area contributed by atoms with Gasteiger partial charge in [0.15, 0.2) is 9.84 Å². The Labute approximate surface area is 186 Å². The van der Waals surface area contributed by atoms with Crippen LogP contribution in [0.25, 0.3) is 0 Å². The first-order valence-electron chi connectivity index (χ1n) is 9.98. The Morgan fingerprint density at radius 1 is 1.34 bits per heavy atom. The summed E-state index contributed by atoms with van der Waals surface area (Å²) in [6.45, 7) is 5.12. The van der Waals surface area contributed by atoms with Crippen LogP contribution in [0.3, 0.4) is 0 Å². The smallest absolute Gasteiger partial charge is 0.274 e. The number of fused-ring (bicyclic) bond motifs is 2. The number of benzene rings is 1. The molecule has 3 N–H and O–H groups in total. The first kappa shape index (κ1) is 21.9. The van der Waals surface area contributed by atoms with Crippen molar-refractivity contribution in [1.29, 1.82) is 10.7 Å². The van der Waals surface area contributed by atoms with Crippen LogP contribution >= 0.6 is 0 Å². The molecule has 2 aliphatic rings. The Kier molecular flexibility index (Phi) is 5.07. The predicted octanol–water partition coefficient (Wildman–Crippen LogP) is 2.01. The number of aromatic nitrogens is 1. The van der Waals surface area contributed by atoms with Gasteiger partial charge in [0, 0.05) is 11.9 Å². The van der Waals surface area contributed by atoms with Gasteiger partial charge in [0.1, 0.15) is 27.9 Å². The van der Waals surface area contributed by atoms with E-state index in [1.165, 1.54) is 20.0 Å². The van der Waals surface area contributed by atoms with Crippen LogP contribution < -0.4 is 10.6 Å². The first-order chi connectivity index (χ1) is 15.0. The van der Waals surface area contributed by atoms with E-state index in [9.17, 15) is 13.2 Å². The quantitative estimate of drug-likeness (QED) is 0.631. The van der Waals surface area contributed by atoms with Crippen LogP contribution in [0.2, 0.25) is 0 Å². The molecule has 9 nitrogen and oxygen atoms in total. The molecule has 2 aromatic rings. The molecule has 1 aromatic carbocycles. The van der Waals surface area contributed by atoms with E-state index in [1.807, 2.05) is 6.07 Å². The second-order valence-electron chi connectivity index (χ2n) is 8.67. The number of nitrogens with zero attached hydrogens (tertiary/aromatic N) is 2. The molecule has 1 fully saturated rings. The molecule has 166 valence electrons. The number of rotatable bonds is 2. The van der Waals surface area contributed by atoms with Gasteiger partial charge in [-0.2, -0.15) is 5.26 Å². The third-order valence-electron chi connectivity index (χ3n) is 6.09. The van der Waals surface area contributed by atoms with E-state index in [1.54, 1.807) is 31.2 Å². The molecule has 0 unspecified atom stereocenters. The van der Waals surface area contributed by atoms with Crippen molar-refractivity contribution in [1.82, 2.24) is 10.3 Å². The van der Waals surface area contributed by atoms with Crippen molar-refractivity contribution in [2.45, 2.75) is 37.7 Å². The maximum atomic E-state index is 13.0. The fraction of sp³-hybridized carbons (Fsp3) is 0.364. The number of amides is 1. The number of hydrogen-bond acceptors (Lipinski definition) is 7. The topological polar surface area (TPSA) is 145 Å². The van der Waals surface area contributed by atoms with Gasteiger partial charge in [-0.3, -0.25) is 10.2 Å². The zero-order valence-corrected chi connectivity index (χ0v) is 18.8. The van der Waals surface area contributed by atoms with E-state index in [4.69, 9.17) is 15.4 Å². The Morgan fingerprint density at radius 2 is 2.09 bits per heavy atom. The number of ether oxygens (including phenoxy) is 1. The largest absolute Gasteiger partial charge is 0.374 e. The van der Waals surface area contributed by atoms with Crippen LogP contribution in [0, 0.1) is 23.7 Å². The van der Waals surface area contributed by atoms with Gasteiger partial charge in [0.25, 0.3) is 5.91 Å². The number of amidine groups is 1. The predicted molar refractivity (Wildman–Crippen MR) is 118 cm³/mol. The molecule has 1 saturated heterocycles. The van der Waals surface area contributed by atoms with Crippen molar-refractivity contribution in [3.05, 3.63) is 58.4 Å². The van der Waals surface area contributed by atoms with E-state index < -0.39 is 26.0 Å². The van der Waals surface area contributed by atoms with Crippen molar-refractivity contribution in [3.63, 3.8) is 0 Å². The van der Waals surface area contributed by atoms with Crippen LogP contribution in [0.1, 0.15) is 46.6 Å². The van der Waals surface area contributed by atoms with E-state index >= 15 is 0 Å². The second kappa shape index (κ2) is 7.39. The number of carbonyl (C=O) groups is 1. The summed E-state index contributed by atoms with van der Waals surface area (Å²) in [4.78, 5) is 16.9. The standard InChI is InChI=1S/C22H23N5O4S/c1-13-6-14(8-23)9-25-18(13)19(28)26-16-5-4-15-10-31-11-22(17(15)7-16)12-32(29,30)21(2,3)20(24)27-22/h4-7,9H,10-12H2,1-3H3,(H2,24,27)(H,26,28)/t22-/m0/s1. The van der Waals surface area contributed by atoms with Crippen LogP contribution in [0.4, 0.5) is 5.69 Å². The lowest BCUT2D eigenvalue weighted by Crippen LogP contribution is -2.67. The number of pyridine rings is 1. The Balaban J connectivity index is 1.69. The van der Waals surface area contributed by atoms with Crippen molar-refractivity contribution < 1.29 is 17.9 Å². The lowest BCUT2D eigenvalue weighted by molar-refractivity contribution is 0.0513. The van der Waals surface area contributed by atoms with Gasteiger partial charge in [-0.15, -0.1) is 0 Å². The highest BCUT2D eigenvalue weighted by Gasteiger charge is 2.54. The molecule has 32 heavy (non-hydrogen) atoms. The van der Waals surface area contributed by atoms with Gasteiger partial charge >= 0.3 is 0 Å². The molecule has 1 spiro atoms. The molecule has 0 bridgehead atoms. The molecule has 2 aliphatic heterocycles. The van der Waals surface area contributed by atoms with Gasteiger partial charge in [-0.1, -0.05) is 6.07 Å². The van der Waals surface area contributed by atoms with Gasteiger partial charge in [-0.05, 0) is 55.7 Å². The summed E-state index contributed by atoms with van der Waals surface area (Å²) in [5.74, 6) is -0.756. The summed E-state index contributed by atoms with van der Waals surface area (Å²) in [6, 6.07) is 8.79. The van der Waals surface area contributed by atoms with Crippen molar-refractivity contribution in [3.8, 4) is 6.07 Å². The van der Waals surface area contributed by atoms with E-state index in [2.05, 4.69) is 15.6 Å². The summed E-state index contributed by atoms with van der Waals surface area (Å²) in [6.07, 6.45) is 1.34. The van der Waals surface area contributed by atoms with E-state index in [0.717, 1.165) is 5.56 Å². The van der Waals surface area contributed by atoms with Crippen LogP contribution in [-0.4, -0.2) is 42.3 Å². The second-order valence-corrected chi connectivity index (χ2v) is 11.2. The zero-order chi connectivity index (χ0) is 23.3. The highest BCUT2D eigenvalue weighted by molar-refractivity contribution is 7.93. The summed E-state index contributed by atoms with van der Waals surface area (Å²) in [7, 11) is -3.64. The fourth-order valence-electron chi connectivity index (χ4n) is 4.01. The van der Waals surface area contributed by atoms with Crippen LogP contribution in [0.5, 0.6) is 0 Å². The minimum absolute atomic E-state index is 0.0887. The molecule has 1 atom stereocenters. The Bertz CT molecular complexity index is 1300. The summed E-state index contributed by atoms with van der Waals surface area (Å²) in [5, 5.41) is 23.2. The van der Waals surface area contributed by atoms with Gasteiger partial charge in [0.2, 0.25) is 0 Å². The Morgan fingerprint density at radius 3 is 2.75 bits per heavy atom. The average Bonchev–Trinajstić information content (AvgIpc) is 2.72. The SMILES string of the molecule is Cc1cc(C#N)cnc1C(=O)Nc1ccc2c(c1)[C@]1(COC2)CS(=O)(=O)C(C)(C)C(=N)N1. The monoisotopic (exact) mass is 453 g/mol. The summed E-state index contributed by atoms with van der Waals surface area (Å²) >= 11 is 0. The number of carbonyl (C=O) groups excluding carboxylic acids is 1. The minimum Gasteiger partial charge on any atom is -0.374 e. The highest BCUT2D eigenvalue weighted by Crippen LogP contribution is 2.39. The van der Waals surface area contributed by atoms with Gasteiger partial charge in [0.05, 0.1) is 24.5 Å². The van der Waals surface area contributed by atoms with Crippen LogP contribution in [0.15, 0.2) is 30.5 Å². The first-order valence-corrected chi connectivity index (χ1v) is 11.6. The Hall–Kier alpha value is -3.29. The molecule has 0 aliphatic carbocycles. The number of nitriles is 1. The number of anilines is 1. The highest BCUT2D eigenvalue weighted by atomic mass is 32.2.